The summed E-state index contributed by atoms with van der Waals surface area (Å²) in [6.07, 6.45) is -1.53. The number of nitrogens with zero attached hydrogens (tertiary/aromatic N) is 1. The van der Waals surface area contributed by atoms with Crippen molar-refractivity contribution in [3.05, 3.63) is 29.8 Å². The van der Waals surface area contributed by atoms with Gasteiger partial charge < -0.3 is 75.7 Å². The SMILES string of the molecule is CCC[C@H](NC(=O)CN(CC(C)O)C(=O)[C@H](CSSC[C@H](N)C(=O)N[C@@H](Cc1ccc(O)cc1)C(N)=O)NC(=O)[C@H](CC(N)=O)NC(=O)[C@H](CCC(N)=O)NC(=O)C[C@@H](C)CC)C(=O)NCC(N)=O. The molecule has 0 aliphatic carbocycles. The van der Waals surface area contributed by atoms with Crippen LogP contribution in [-0.4, -0.2) is 154 Å². The molecule has 8 atom stereocenters. The van der Waals surface area contributed by atoms with Gasteiger partial charge in [-0.2, -0.15) is 0 Å². The second-order valence-corrected chi connectivity index (χ2v) is 18.9. The first kappa shape index (κ1) is 60.8. The Morgan fingerprint density at radius 2 is 1.22 bits per heavy atom. The van der Waals surface area contributed by atoms with Gasteiger partial charge in [0.15, 0.2) is 0 Å². The van der Waals surface area contributed by atoms with E-state index < -0.39 is 133 Å². The summed E-state index contributed by atoms with van der Waals surface area (Å²) >= 11 is 0. The number of aromatic hydroxyl groups is 1. The molecule has 0 aliphatic rings. The molecule has 11 amide bonds. The van der Waals surface area contributed by atoms with Crippen LogP contribution in [0.4, 0.5) is 0 Å². The number of primary amides is 4. The van der Waals surface area contributed by atoms with Gasteiger partial charge in [0.2, 0.25) is 65.0 Å². The average Bonchev–Trinajstić information content (AvgIpc) is 3.26. The van der Waals surface area contributed by atoms with E-state index in [0.29, 0.717) is 18.4 Å². The number of carbonyl (C=O) groups is 11. The quantitative estimate of drug-likeness (QED) is 0.0230. The number of carbonyl (C=O) groups excluding carboxylic acids is 11. The van der Waals surface area contributed by atoms with Gasteiger partial charge in [0.1, 0.15) is 36.0 Å². The molecule has 0 fully saturated rings. The van der Waals surface area contributed by atoms with E-state index in [1.807, 2.05) is 6.92 Å². The average molecular weight is 1010 g/mol. The lowest BCUT2D eigenvalue weighted by molar-refractivity contribution is -0.141. The predicted octanol–water partition coefficient (Wildman–Crippen LogP) is -4.26. The maximum Gasteiger partial charge on any atom is 0.246 e. The fourth-order valence-corrected chi connectivity index (χ4v) is 8.40. The third-order valence-corrected chi connectivity index (χ3v) is 12.4. The number of phenols is 1. The number of aliphatic hydroxyl groups is 1. The molecule has 0 aliphatic heterocycles. The molecular weight excluding hydrogens is 945 g/mol. The van der Waals surface area contributed by atoms with Crippen LogP contribution in [0, 0.1) is 5.92 Å². The van der Waals surface area contributed by atoms with Crippen molar-refractivity contribution in [2.45, 2.75) is 121 Å². The van der Waals surface area contributed by atoms with Crippen LogP contribution in [0.1, 0.15) is 78.2 Å². The third-order valence-electron chi connectivity index (χ3n) is 9.95. The zero-order chi connectivity index (χ0) is 52.4. The second-order valence-electron chi connectivity index (χ2n) is 16.3. The molecule has 25 nitrogen and oxygen atoms in total. The van der Waals surface area contributed by atoms with E-state index in [2.05, 4.69) is 31.9 Å². The molecule has 0 radical (unpaired) electrons. The van der Waals surface area contributed by atoms with Crippen molar-refractivity contribution in [3.63, 3.8) is 0 Å². The summed E-state index contributed by atoms with van der Waals surface area (Å²) in [6.45, 7) is 4.92. The number of hydrogen-bond acceptors (Lipinski definition) is 16. The number of hydrogen-bond donors (Lipinski definition) is 13. The number of benzene rings is 1. The minimum Gasteiger partial charge on any atom is -0.508 e. The summed E-state index contributed by atoms with van der Waals surface area (Å²) in [7, 11) is 1.87. The van der Waals surface area contributed by atoms with Crippen LogP contribution in [0.3, 0.4) is 0 Å². The zero-order valence-electron chi connectivity index (χ0n) is 39.2. The first-order chi connectivity index (χ1) is 32.4. The molecule has 0 bridgehead atoms. The maximum absolute atomic E-state index is 14.4. The van der Waals surface area contributed by atoms with Crippen molar-refractivity contribution in [1.82, 2.24) is 36.8 Å². The third kappa shape index (κ3) is 25.1. The summed E-state index contributed by atoms with van der Waals surface area (Å²) in [4.78, 5) is 142. The van der Waals surface area contributed by atoms with E-state index in [-0.39, 0.29) is 55.3 Å². The fraction of sp³-hybridized carbons (Fsp3) is 0.595. The van der Waals surface area contributed by atoms with Gasteiger partial charge in [0, 0.05) is 37.3 Å². The van der Waals surface area contributed by atoms with Crippen molar-refractivity contribution >= 4 is 86.6 Å². The van der Waals surface area contributed by atoms with Gasteiger partial charge >= 0.3 is 0 Å². The van der Waals surface area contributed by atoms with Gasteiger partial charge in [0.05, 0.1) is 31.7 Å². The fourth-order valence-electron chi connectivity index (χ4n) is 6.12. The highest BCUT2D eigenvalue weighted by atomic mass is 33.1. The number of nitrogens with two attached hydrogens (primary N) is 5. The Morgan fingerprint density at radius 1 is 0.652 bits per heavy atom. The van der Waals surface area contributed by atoms with Gasteiger partial charge in [-0.05, 0) is 43.4 Å². The Balaban J connectivity index is 3.48. The summed E-state index contributed by atoms with van der Waals surface area (Å²) in [5.74, 6) is -10.1. The van der Waals surface area contributed by atoms with Crippen molar-refractivity contribution in [3.8, 4) is 5.75 Å². The van der Waals surface area contributed by atoms with Crippen LogP contribution >= 0.6 is 21.6 Å². The molecule has 1 aromatic carbocycles. The highest BCUT2D eigenvalue weighted by Crippen LogP contribution is 2.24. The minimum absolute atomic E-state index is 0.0136. The minimum atomic E-state index is -1.77. The van der Waals surface area contributed by atoms with Crippen LogP contribution in [0.5, 0.6) is 5.75 Å². The first-order valence-corrected chi connectivity index (χ1v) is 24.5. The standard InChI is InChI=1S/C42H68N12O13S2/c1-5-7-27(39(64)48-17-34(46)59)50-36(61)19-54(18-23(4)55)42(67)31(21-69-68-20-26(43)38(63)51-29(37(47)62)15-24-8-10-25(56)11-9-24)53-41(66)30(16-33(45)58)52-40(65)28(12-13-32(44)57)49-35(60)14-22(3)6-2/h8-11,22-23,26-31,55-56H,5-7,12-21,43H2,1-4H3,(H2,44,57)(H2,45,58)(H2,46,59)(H2,47,62)(H,48,64)(H,49,60)(H,50,61)(H,51,63)(H,52,65)(H,53,66)/t22-,23?,26-,27-,28-,29-,30-,31-/m0/s1. The summed E-state index contributed by atoms with van der Waals surface area (Å²) in [6, 6.07) is -2.51. The predicted molar refractivity (Wildman–Crippen MR) is 255 cm³/mol. The molecule has 1 rings (SSSR count). The van der Waals surface area contributed by atoms with Gasteiger partial charge in [-0.15, -0.1) is 0 Å². The normalized spacial score (nSPS) is 14.4. The Labute approximate surface area is 407 Å². The van der Waals surface area contributed by atoms with E-state index >= 15 is 0 Å². The van der Waals surface area contributed by atoms with Crippen LogP contribution in [0.25, 0.3) is 0 Å². The van der Waals surface area contributed by atoms with Gasteiger partial charge in [-0.1, -0.05) is 67.3 Å². The molecule has 0 saturated heterocycles. The Morgan fingerprint density at radius 3 is 1.77 bits per heavy atom. The van der Waals surface area contributed by atoms with Gasteiger partial charge in [0.25, 0.3) is 0 Å². The molecule has 1 unspecified atom stereocenters. The maximum atomic E-state index is 14.4. The van der Waals surface area contributed by atoms with E-state index in [0.717, 1.165) is 26.5 Å². The highest BCUT2D eigenvalue weighted by molar-refractivity contribution is 8.76. The van der Waals surface area contributed by atoms with Crippen molar-refractivity contribution in [1.29, 1.82) is 0 Å². The number of phenolic OH excluding ortho intramolecular Hbond substituents is 1. The van der Waals surface area contributed by atoms with Gasteiger partial charge in [-0.25, -0.2) is 0 Å². The summed E-state index contributed by atoms with van der Waals surface area (Å²) in [5, 5.41) is 34.6. The lowest BCUT2D eigenvalue weighted by Crippen LogP contribution is -2.59. The molecule has 1 aromatic rings. The van der Waals surface area contributed by atoms with Crippen molar-refractivity contribution < 1.29 is 63.0 Å². The second kappa shape index (κ2) is 31.8. The van der Waals surface area contributed by atoms with Gasteiger partial charge in [-0.3, -0.25) is 52.7 Å². The number of aliphatic hydroxyl groups excluding tert-OH is 1. The largest absolute Gasteiger partial charge is 0.508 e. The van der Waals surface area contributed by atoms with E-state index in [9.17, 15) is 63.0 Å². The van der Waals surface area contributed by atoms with Crippen LogP contribution in [0.2, 0.25) is 0 Å². The molecule has 386 valence electrons. The molecule has 69 heavy (non-hydrogen) atoms. The molecule has 0 saturated carbocycles. The Bertz CT molecular complexity index is 1950. The monoisotopic (exact) mass is 1010 g/mol. The van der Waals surface area contributed by atoms with E-state index in [1.54, 1.807) is 13.8 Å². The molecule has 0 aromatic heterocycles. The molecule has 18 N–H and O–H groups in total. The number of nitrogens with one attached hydrogen (secondary N) is 6. The molecule has 0 spiro atoms. The Kier molecular flexibility index (Phi) is 28.0. The molecule has 0 heterocycles. The lowest BCUT2D eigenvalue weighted by Gasteiger charge is -2.30. The number of amides is 11. The highest BCUT2D eigenvalue weighted by Gasteiger charge is 2.34. The first-order valence-electron chi connectivity index (χ1n) is 22.0. The zero-order valence-corrected chi connectivity index (χ0v) is 40.8. The van der Waals surface area contributed by atoms with Crippen molar-refractivity contribution in [2.24, 2.45) is 34.6 Å². The molecule has 27 heteroatoms. The summed E-state index contributed by atoms with van der Waals surface area (Å²) < 4.78 is 0. The Hall–Kier alpha value is -6.19. The number of rotatable bonds is 34. The molecular formula is C42H68N12O13S2. The van der Waals surface area contributed by atoms with Crippen LogP contribution in [-0.2, 0) is 59.2 Å². The lowest BCUT2D eigenvalue weighted by atomic mass is 10.0. The topological polar surface area (TPSA) is 434 Å². The van der Waals surface area contributed by atoms with E-state index in [1.165, 1.54) is 31.2 Å². The smallest absolute Gasteiger partial charge is 0.246 e. The van der Waals surface area contributed by atoms with Crippen LogP contribution in [0.15, 0.2) is 24.3 Å². The van der Waals surface area contributed by atoms with Crippen molar-refractivity contribution in [2.75, 3.05) is 31.1 Å². The summed E-state index contributed by atoms with van der Waals surface area (Å²) in [5.41, 5.74) is 28.1. The van der Waals surface area contributed by atoms with E-state index in [4.69, 9.17) is 28.7 Å². The van der Waals surface area contributed by atoms with Crippen LogP contribution < -0.4 is 60.6 Å².